The highest BCUT2D eigenvalue weighted by atomic mass is 32.2. The molecule has 0 saturated carbocycles. The van der Waals surface area contributed by atoms with Gasteiger partial charge in [-0.2, -0.15) is 0 Å². The lowest BCUT2D eigenvalue weighted by Crippen LogP contribution is -2.38. The first-order valence-corrected chi connectivity index (χ1v) is 8.98. The Bertz CT molecular complexity index is 628. The average Bonchev–Trinajstić information content (AvgIpc) is 2.86. The average molecular weight is 323 g/mol. The molecule has 1 heterocycles. The Morgan fingerprint density at radius 1 is 1.38 bits per heavy atom. The quantitative estimate of drug-likeness (QED) is 0.889. The van der Waals surface area contributed by atoms with Crippen LogP contribution in [0.5, 0.6) is 0 Å². The summed E-state index contributed by atoms with van der Waals surface area (Å²) in [5.74, 6) is 0.436. The summed E-state index contributed by atoms with van der Waals surface area (Å²) < 4.78 is 11.1. The third-order valence-corrected chi connectivity index (χ3v) is 4.56. The Balaban J connectivity index is 1.93. The van der Waals surface area contributed by atoms with Crippen LogP contribution in [0.4, 0.5) is 9.80 Å². The molecule has 2 N–H and O–H groups in total. The van der Waals surface area contributed by atoms with E-state index in [9.17, 15) is 9.00 Å². The highest BCUT2D eigenvalue weighted by Gasteiger charge is 2.11. The molecule has 0 fully saturated rings. The number of hydrogen-bond donors (Lipinski definition) is 2. The van der Waals surface area contributed by atoms with E-state index in [1.165, 1.54) is 11.3 Å². The summed E-state index contributed by atoms with van der Waals surface area (Å²) in [4.78, 5) is 16.1. The molecule has 0 radical (unpaired) electrons. The van der Waals surface area contributed by atoms with Crippen molar-refractivity contribution >= 4 is 33.2 Å². The van der Waals surface area contributed by atoms with Crippen molar-refractivity contribution in [1.29, 1.82) is 0 Å². The van der Waals surface area contributed by atoms with Crippen LogP contribution in [0.15, 0.2) is 36.5 Å². The summed E-state index contributed by atoms with van der Waals surface area (Å²) in [7, 11) is -0.932. The molecular formula is C14H17N3O2S2. The fraction of sp³-hybridized carbons (Fsp3) is 0.286. The van der Waals surface area contributed by atoms with Gasteiger partial charge < -0.3 is 5.32 Å². The van der Waals surface area contributed by atoms with Crippen LogP contribution in [0.2, 0.25) is 0 Å². The van der Waals surface area contributed by atoms with Gasteiger partial charge in [-0.3, -0.25) is 9.53 Å². The van der Waals surface area contributed by atoms with Crippen molar-refractivity contribution in [2.45, 2.75) is 13.0 Å². The van der Waals surface area contributed by atoms with E-state index < -0.39 is 10.8 Å². The maximum atomic E-state index is 11.8. The molecule has 2 atom stereocenters. The van der Waals surface area contributed by atoms with E-state index in [2.05, 4.69) is 15.6 Å². The normalized spacial score (nSPS) is 13.4. The van der Waals surface area contributed by atoms with Crippen LogP contribution < -0.4 is 10.6 Å². The minimum absolute atomic E-state index is 0.141. The van der Waals surface area contributed by atoms with Crippen LogP contribution in [0.25, 0.3) is 10.6 Å². The largest absolute Gasteiger partial charge is 0.334 e. The van der Waals surface area contributed by atoms with Gasteiger partial charge in [0, 0.05) is 34.4 Å². The van der Waals surface area contributed by atoms with Crippen molar-refractivity contribution in [3.63, 3.8) is 0 Å². The maximum Gasteiger partial charge on any atom is 0.320 e. The van der Waals surface area contributed by atoms with Crippen LogP contribution in [0.3, 0.4) is 0 Å². The van der Waals surface area contributed by atoms with Crippen molar-refractivity contribution in [3.05, 3.63) is 36.5 Å². The molecular weight excluding hydrogens is 306 g/mol. The number of anilines is 1. The Morgan fingerprint density at radius 3 is 2.76 bits per heavy atom. The number of rotatable bonds is 5. The number of thiazole rings is 1. The van der Waals surface area contributed by atoms with Gasteiger partial charge in [0.1, 0.15) is 10.0 Å². The van der Waals surface area contributed by atoms with E-state index in [4.69, 9.17) is 0 Å². The van der Waals surface area contributed by atoms with Gasteiger partial charge in [0.25, 0.3) is 0 Å². The van der Waals surface area contributed by atoms with Crippen molar-refractivity contribution in [2.75, 3.05) is 17.3 Å². The zero-order valence-electron chi connectivity index (χ0n) is 11.8. The van der Waals surface area contributed by atoms with Crippen molar-refractivity contribution < 1.29 is 9.00 Å². The van der Waals surface area contributed by atoms with Gasteiger partial charge in [-0.05, 0) is 6.92 Å². The molecule has 112 valence electrons. The number of benzene rings is 1. The fourth-order valence-corrected chi connectivity index (χ4v) is 3.42. The Labute approximate surface area is 130 Å². The van der Waals surface area contributed by atoms with E-state index in [1.807, 2.05) is 37.3 Å². The lowest BCUT2D eigenvalue weighted by molar-refractivity contribution is 0.250. The second-order valence-corrected chi connectivity index (χ2v) is 7.15. The molecule has 1 aromatic carbocycles. The van der Waals surface area contributed by atoms with Crippen molar-refractivity contribution in [1.82, 2.24) is 10.3 Å². The van der Waals surface area contributed by atoms with Gasteiger partial charge in [0.15, 0.2) is 0 Å². The fourth-order valence-electron chi connectivity index (χ4n) is 1.81. The zero-order chi connectivity index (χ0) is 15.2. The van der Waals surface area contributed by atoms with Crippen molar-refractivity contribution in [3.8, 4) is 10.6 Å². The van der Waals surface area contributed by atoms with Gasteiger partial charge in [-0.1, -0.05) is 41.7 Å². The lowest BCUT2D eigenvalue weighted by atomic mass is 10.2. The highest BCUT2D eigenvalue weighted by Crippen LogP contribution is 2.27. The highest BCUT2D eigenvalue weighted by molar-refractivity contribution is 7.84. The van der Waals surface area contributed by atoms with Crippen molar-refractivity contribution in [2.24, 2.45) is 0 Å². The van der Waals surface area contributed by atoms with E-state index in [-0.39, 0.29) is 12.1 Å². The summed E-state index contributed by atoms with van der Waals surface area (Å²) in [5, 5.41) is 7.02. The molecule has 2 aromatic rings. The second-order valence-electron chi connectivity index (χ2n) is 4.64. The Hall–Kier alpha value is -1.73. The smallest absolute Gasteiger partial charge is 0.320 e. The minimum atomic E-state index is -0.932. The number of nitrogens with one attached hydrogen (secondary N) is 2. The summed E-state index contributed by atoms with van der Waals surface area (Å²) in [6.45, 7) is 1.82. The van der Waals surface area contributed by atoms with Crippen LogP contribution in [-0.2, 0) is 10.8 Å². The first-order chi connectivity index (χ1) is 10.0. The molecule has 0 spiro atoms. The maximum absolute atomic E-state index is 11.8. The number of nitrogens with zero attached hydrogens (tertiary/aromatic N) is 1. The van der Waals surface area contributed by atoms with Gasteiger partial charge in [0.2, 0.25) is 0 Å². The van der Waals surface area contributed by atoms with Gasteiger partial charge in [-0.15, -0.1) is 0 Å². The molecule has 0 aliphatic carbocycles. The SMILES string of the molecule is C[C@H](C[S@@](C)=O)NC(=O)Nc1cnc(-c2ccccc2)s1. The third-order valence-electron chi connectivity index (χ3n) is 2.63. The minimum Gasteiger partial charge on any atom is -0.334 e. The topological polar surface area (TPSA) is 71.1 Å². The van der Waals surface area contributed by atoms with Crippen LogP contribution >= 0.6 is 11.3 Å². The van der Waals surface area contributed by atoms with Gasteiger partial charge >= 0.3 is 6.03 Å². The first-order valence-electron chi connectivity index (χ1n) is 6.43. The molecule has 5 nitrogen and oxygen atoms in total. The number of carbonyl (C=O) groups excluding carboxylic acids is 1. The molecule has 0 saturated heterocycles. The number of aromatic nitrogens is 1. The zero-order valence-corrected chi connectivity index (χ0v) is 13.5. The number of hydrogen-bond acceptors (Lipinski definition) is 4. The number of amides is 2. The summed E-state index contributed by atoms with van der Waals surface area (Å²) in [6, 6.07) is 9.34. The summed E-state index contributed by atoms with van der Waals surface area (Å²) in [6.07, 6.45) is 3.25. The third kappa shape index (κ3) is 4.95. The van der Waals surface area contributed by atoms with E-state index in [1.54, 1.807) is 12.5 Å². The van der Waals surface area contributed by atoms with Crippen LogP contribution in [0, 0.1) is 0 Å². The standard InChI is InChI=1S/C14H17N3O2S2/c1-10(9-21(2)19)16-14(18)17-12-8-15-13(20-12)11-6-4-3-5-7-11/h3-8,10H,9H2,1-2H3,(H2,16,17,18)/t10-,21-/m1/s1. The molecule has 21 heavy (non-hydrogen) atoms. The van der Waals surface area contributed by atoms with E-state index >= 15 is 0 Å². The molecule has 0 aliphatic heterocycles. The van der Waals surface area contributed by atoms with Crippen LogP contribution in [-0.4, -0.2) is 33.3 Å². The predicted octanol–water partition coefficient (Wildman–Crippen LogP) is 2.70. The molecule has 0 unspecified atom stereocenters. The second kappa shape index (κ2) is 7.33. The van der Waals surface area contributed by atoms with Gasteiger partial charge in [-0.25, -0.2) is 9.78 Å². The summed E-state index contributed by atoms with van der Waals surface area (Å²) in [5.41, 5.74) is 1.02. The molecule has 2 rings (SSSR count). The molecule has 7 heteroatoms. The Kier molecular flexibility index (Phi) is 5.46. The molecule has 1 aromatic heterocycles. The molecule has 2 amide bonds. The monoisotopic (exact) mass is 323 g/mol. The van der Waals surface area contributed by atoms with Crippen LogP contribution in [0.1, 0.15) is 6.92 Å². The number of carbonyl (C=O) groups is 1. The summed E-state index contributed by atoms with van der Waals surface area (Å²) >= 11 is 1.41. The molecule has 0 aliphatic rings. The number of urea groups is 1. The molecule has 0 bridgehead atoms. The predicted molar refractivity (Wildman–Crippen MR) is 88.1 cm³/mol. The Morgan fingerprint density at radius 2 is 2.10 bits per heavy atom. The van der Waals surface area contributed by atoms with E-state index in [0.29, 0.717) is 10.8 Å². The first kappa shape index (κ1) is 15.7. The van der Waals surface area contributed by atoms with Gasteiger partial charge in [0.05, 0.1) is 6.20 Å². The lowest BCUT2D eigenvalue weighted by Gasteiger charge is -2.12. The van der Waals surface area contributed by atoms with E-state index in [0.717, 1.165) is 10.6 Å².